The van der Waals surface area contributed by atoms with E-state index >= 15 is 0 Å². The molecule has 0 aromatic heterocycles. The largest absolute Gasteiger partial charge is 0.486 e. The molecule has 2 atom stereocenters. The number of alkyl halides is 3. The molecule has 2 aromatic rings. The van der Waals surface area contributed by atoms with E-state index in [0.717, 1.165) is 0 Å². The molecular formula is C20H19F3O4. The Morgan fingerprint density at radius 3 is 2.33 bits per heavy atom. The molecule has 0 spiro atoms. The van der Waals surface area contributed by atoms with E-state index in [1.54, 1.807) is 37.3 Å². The van der Waals surface area contributed by atoms with Gasteiger partial charge in [-0.3, -0.25) is 4.79 Å². The fraction of sp³-hybridized carbons (Fsp3) is 0.350. The zero-order valence-corrected chi connectivity index (χ0v) is 14.7. The van der Waals surface area contributed by atoms with Gasteiger partial charge in [-0.05, 0) is 24.1 Å². The molecule has 1 aliphatic heterocycles. The molecule has 0 aliphatic carbocycles. The van der Waals surface area contributed by atoms with Crippen LogP contribution in [0.3, 0.4) is 0 Å². The van der Waals surface area contributed by atoms with Crippen LogP contribution in [0.1, 0.15) is 36.5 Å². The third-order valence-electron chi connectivity index (χ3n) is 4.29. The lowest BCUT2D eigenvalue weighted by atomic mass is 9.96. The highest BCUT2D eigenvalue weighted by molar-refractivity contribution is 5.78. The van der Waals surface area contributed by atoms with Gasteiger partial charge in [-0.25, -0.2) is 0 Å². The highest BCUT2D eigenvalue weighted by Crippen LogP contribution is 2.41. The molecule has 0 saturated carbocycles. The molecule has 1 aliphatic rings. The molecule has 0 radical (unpaired) electrons. The van der Waals surface area contributed by atoms with Gasteiger partial charge in [0.05, 0.1) is 5.92 Å². The molecule has 7 heteroatoms. The molecule has 0 fully saturated rings. The van der Waals surface area contributed by atoms with E-state index in [1.165, 1.54) is 18.2 Å². The van der Waals surface area contributed by atoms with Crippen molar-refractivity contribution < 1.29 is 32.2 Å². The maximum absolute atomic E-state index is 13.6. The third kappa shape index (κ3) is 4.35. The average Bonchev–Trinajstić information content (AvgIpc) is 2.66. The molecule has 0 saturated heterocycles. The summed E-state index contributed by atoms with van der Waals surface area (Å²) < 4.78 is 56.5. The minimum atomic E-state index is -4.76. The Kier molecular flexibility index (Phi) is 5.58. The molecular weight excluding hydrogens is 361 g/mol. The van der Waals surface area contributed by atoms with E-state index < -0.39 is 24.2 Å². The van der Waals surface area contributed by atoms with Crippen molar-refractivity contribution in [1.82, 2.24) is 0 Å². The van der Waals surface area contributed by atoms with Gasteiger partial charge in [-0.15, -0.1) is 0 Å². The predicted octanol–water partition coefficient (Wildman–Crippen LogP) is 4.80. The van der Waals surface area contributed by atoms with Crippen molar-refractivity contribution in [2.75, 3.05) is 13.2 Å². The summed E-state index contributed by atoms with van der Waals surface area (Å²) in [4.78, 5) is 12.5. The van der Waals surface area contributed by atoms with Crippen molar-refractivity contribution in [3.8, 4) is 11.5 Å². The molecule has 3 rings (SSSR count). The number of halogens is 3. The Labute approximate surface area is 154 Å². The number of carbonyl (C=O) groups excluding carboxylic acids is 1. The van der Waals surface area contributed by atoms with E-state index in [0.29, 0.717) is 24.3 Å². The lowest BCUT2D eigenvalue weighted by Gasteiger charge is -2.25. The minimum Gasteiger partial charge on any atom is -0.486 e. The van der Waals surface area contributed by atoms with Crippen LogP contribution in [-0.4, -0.2) is 25.4 Å². The maximum atomic E-state index is 13.6. The predicted molar refractivity (Wildman–Crippen MR) is 91.8 cm³/mol. The van der Waals surface area contributed by atoms with Crippen molar-refractivity contribution in [1.29, 1.82) is 0 Å². The Morgan fingerprint density at radius 1 is 1.04 bits per heavy atom. The summed E-state index contributed by atoms with van der Waals surface area (Å²) in [5.41, 5.74) is 0.413. The Balaban J connectivity index is 1.86. The average molecular weight is 380 g/mol. The zero-order valence-electron chi connectivity index (χ0n) is 14.7. The Bertz CT molecular complexity index is 790. The van der Waals surface area contributed by atoms with Gasteiger partial charge in [-0.2, -0.15) is 13.2 Å². The first-order valence-electron chi connectivity index (χ1n) is 8.62. The second-order valence-corrected chi connectivity index (χ2v) is 6.13. The van der Waals surface area contributed by atoms with Gasteiger partial charge in [0.15, 0.2) is 11.5 Å². The standard InChI is InChI=1S/C20H19F3O4/c1-2-15(13-6-4-3-5-7-13)19(24)27-18(20(21,22)23)14-8-9-16-17(12-14)26-11-10-25-16/h3-9,12,15,18H,2,10-11H2,1H3/t15-,18-/m1/s1. The second-order valence-electron chi connectivity index (χ2n) is 6.13. The summed E-state index contributed by atoms with van der Waals surface area (Å²) in [6.07, 6.45) is -6.80. The molecule has 0 bridgehead atoms. The first kappa shape index (κ1) is 19.1. The third-order valence-corrected chi connectivity index (χ3v) is 4.29. The van der Waals surface area contributed by atoms with Gasteiger partial charge < -0.3 is 14.2 Å². The van der Waals surface area contributed by atoms with Gasteiger partial charge in [0.25, 0.3) is 0 Å². The van der Waals surface area contributed by atoms with Crippen LogP contribution in [0.4, 0.5) is 13.2 Å². The van der Waals surface area contributed by atoms with Crippen molar-refractivity contribution >= 4 is 5.97 Å². The number of rotatable bonds is 5. The van der Waals surface area contributed by atoms with Gasteiger partial charge >= 0.3 is 12.1 Å². The van der Waals surface area contributed by atoms with Crippen LogP contribution in [0, 0.1) is 0 Å². The van der Waals surface area contributed by atoms with Crippen LogP contribution in [0.2, 0.25) is 0 Å². The summed E-state index contributed by atoms with van der Waals surface area (Å²) in [6, 6.07) is 12.5. The van der Waals surface area contributed by atoms with Gasteiger partial charge in [0.1, 0.15) is 13.2 Å². The topological polar surface area (TPSA) is 44.8 Å². The van der Waals surface area contributed by atoms with Crippen LogP contribution in [0.15, 0.2) is 48.5 Å². The summed E-state index contributed by atoms with van der Waals surface area (Å²) in [5, 5.41) is 0. The van der Waals surface area contributed by atoms with Gasteiger partial charge in [-0.1, -0.05) is 43.3 Å². The highest BCUT2D eigenvalue weighted by Gasteiger charge is 2.45. The van der Waals surface area contributed by atoms with Crippen molar-refractivity contribution in [2.45, 2.75) is 31.5 Å². The van der Waals surface area contributed by atoms with Crippen molar-refractivity contribution in [3.05, 3.63) is 59.7 Å². The normalized spacial score (nSPS) is 15.7. The molecule has 0 unspecified atom stereocenters. The van der Waals surface area contributed by atoms with E-state index in [-0.39, 0.29) is 17.9 Å². The molecule has 2 aromatic carbocycles. The number of hydrogen-bond donors (Lipinski definition) is 0. The Morgan fingerprint density at radius 2 is 1.70 bits per heavy atom. The molecule has 1 heterocycles. The monoisotopic (exact) mass is 380 g/mol. The number of fused-ring (bicyclic) bond motifs is 1. The molecule has 0 amide bonds. The molecule has 27 heavy (non-hydrogen) atoms. The SMILES string of the molecule is CC[C@@H](C(=O)O[C@H](c1ccc2c(c1)OCCO2)C(F)(F)F)c1ccccc1. The van der Waals surface area contributed by atoms with Crippen molar-refractivity contribution in [3.63, 3.8) is 0 Å². The van der Waals surface area contributed by atoms with Crippen LogP contribution in [0.5, 0.6) is 11.5 Å². The van der Waals surface area contributed by atoms with Gasteiger partial charge in [0, 0.05) is 5.56 Å². The van der Waals surface area contributed by atoms with E-state index in [2.05, 4.69) is 0 Å². The number of esters is 1. The Hall–Kier alpha value is -2.70. The lowest BCUT2D eigenvalue weighted by Crippen LogP contribution is -2.28. The fourth-order valence-corrected chi connectivity index (χ4v) is 2.97. The smallest absolute Gasteiger partial charge is 0.429 e. The minimum absolute atomic E-state index is 0.206. The second kappa shape index (κ2) is 7.90. The first-order chi connectivity index (χ1) is 12.9. The number of hydrogen-bond acceptors (Lipinski definition) is 4. The fourth-order valence-electron chi connectivity index (χ4n) is 2.97. The summed E-state index contributed by atoms with van der Waals surface area (Å²) >= 11 is 0. The van der Waals surface area contributed by atoms with E-state index in [1.807, 2.05) is 0 Å². The van der Waals surface area contributed by atoms with Gasteiger partial charge in [0.2, 0.25) is 6.10 Å². The lowest BCUT2D eigenvalue weighted by molar-refractivity contribution is -0.225. The number of ether oxygens (including phenoxy) is 3. The first-order valence-corrected chi connectivity index (χ1v) is 8.62. The quantitative estimate of drug-likeness (QED) is 0.699. The van der Waals surface area contributed by atoms with Crippen LogP contribution in [0.25, 0.3) is 0 Å². The molecule has 0 N–H and O–H groups in total. The number of carbonyl (C=O) groups is 1. The summed E-state index contributed by atoms with van der Waals surface area (Å²) in [7, 11) is 0. The number of benzene rings is 2. The van der Waals surface area contributed by atoms with Crippen LogP contribution >= 0.6 is 0 Å². The summed E-state index contributed by atoms with van der Waals surface area (Å²) in [6.45, 7) is 2.31. The zero-order chi connectivity index (χ0) is 19.4. The van der Waals surface area contributed by atoms with Crippen molar-refractivity contribution in [2.24, 2.45) is 0 Å². The van der Waals surface area contributed by atoms with E-state index in [9.17, 15) is 18.0 Å². The van der Waals surface area contributed by atoms with Crippen LogP contribution in [-0.2, 0) is 9.53 Å². The van der Waals surface area contributed by atoms with Crippen LogP contribution < -0.4 is 9.47 Å². The highest BCUT2D eigenvalue weighted by atomic mass is 19.4. The maximum Gasteiger partial charge on any atom is 0.429 e. The molecule has 144 valence electrons. The molecule has 4 nitrogen and oxygen atoms in total. The summed E-state index contributed by atoms with van der Waals surface area (Å²) in [5.74, 6) is -1.11. The van der Waals surface area contributed by atoms with E-state index in [4.69, 9.17) is 14.2 Å².